The van der Waals surface area contributed by atoms with Crippen molar-refractivity contribution in [1.29, 1.82) is 0 Å². The van der Waals surface area contributed by atoms with Gasteiger partial charge in [-0.3, -0.25) is 10.1 Å². The van der Waals surface area contributed by atoms with Crippen LogP contribution in [-0.4, -0.2) is 18.0 Å². The van der Waals surface area contributed by atoms with Crippen LogP contribution < -0.4 is 16.4 Å². The van der Waals surface area contributed by atoms with Gasteiger partial charge in [0.25, 0.3) is 0 Å². The summed E-state index contributed by atoms with van der Waals surface area (Å²) >= 11 is 0. The standard InChI is InChI=1S/C10H10F3N3O2/c1-4(9(17)16-10(14)18)15-5-2-6(11)8(13)7(12)3-5/h2-4,15H,1H3,(H3,14,16,17,18). The number of carbonyl (C=O) groups is 2. The first kappa shape index (κ1) is 13.8. The Morgan fingerprint density at radius 3 is 2.17 bits per heavy atom. The molecule has 0 fully saturated rings. The predicted octanol–water partition coefficient (Wildman–Crippen LogP) is 1.10. The molecule has 4 N–H and O–H groups in total. The fourth-order valence-corrected chi connectivity index (χ4v) is 1.18. The minimum absolute atomic E-state index is 0.140. The summed E-state index contributed by atoms with van der Waals surface area (Å²) in [6, 6.07) is -0.661. The second kappa shape index (κ2) is 5.39. The van der Waals surface area contributed by atoms with Crippen LogP contribution in [0.2, 0.25) is 0 Å². The number of urea groups is 1. The van der Waals surface area contributed by atoms with Crippen molar-refractivity contribution in [2.75, 3.05) is 5.32 Å². The van der Waals surface area contributed by atoms with Gasteiger partial charge in [-0.25, -0.2) is 18.0 Å². The van der Waals surface area contributed by atoms with E-state index in [1.165, 1.54) is 6.92 Å². The lowest BCUT2D eigenvalue weighted by molar-refractivity contribution is -0.120. The highest BCUT2D eigenvalue weighted by molar-refractivity contribution is 5.97. The van der Waals surface area contributed by atoms with Crippen LogP contribution in [0.5, 0.6) is 0 Å². The summed E-state index contributed by atoms with van der Waals surface area (Å²) in [5, 5.41) is 4.17. The van der Waals surface area contributed by atoms with Crippen LogP contribution in [0, 0.1) is 17.5 Å². The van der Waals surface area contributed by atoms with Crippen molar-refractivity contribution >= 4 is 17.6 Å². The number of anilines is 1. The number of hydrogen-bond donors (Lipinski definition) is 3. The molecule has 1 unspecified atom stereocenters. The maximum Gasteiger partial charge on any atom is 0.318 e. The van der Waals surface area contributed by atoms with E-state index < -0.39 is 35.4 Å². The van der Waals surface area contributed by atoms with E-state index >= 15 is 0 Å². The van der Waals surface area contributed by atoms with E-state index in [1.807, 2.05) is 0 Å². The largest absolute Gasteiger partial charge is 0.374 e. The van der Waals surface area contributed by atoms with Crippen molar-refractivity contribution in [3.05, 3.63) is 29.6 Å². The number of halogens is 3. The molecule has 1 aromatic carbocycles. The highest BCUT2D eigenvalue weighted by atomic mass is 19.2. The van der Waals surface area contributed by atoms with Crippen LogP contribution in [0.1, 0.15) is 6.92 Å². The first-order chi connectivity index (χ1) is 8.31. The first-order valence-corrected chi connectivity index (χ1v) is 4.82. The van der Waals surface area contributed by atoms with E-state index in [9.17, 15) is 22.8 Å². The monoisotopic (exact) mass is 261 g/mol. The molecule has 8 heteroatoms. The molecule has 0 spiro atoms. The normalized spacial score (nSPS) is 11.8. The fraction of sp³-hybridized carbons (Fsp3) is 0.200. The number of carbonyl (C=O) groups excluding carboxylic acids is 2. The molecule has 3 amide bonds. The average molecular weight is 261 g/mol. The van der Waals surface area contributed by atoms with E-state index in [0.29, 0.717) is 12.1 Å². The van der Waals surface area contributed by atoms with Gasteiger partial charge in [-0.05, 0) is 6.92 Å². The highest BCUT2D eigenvalue weighted by Gasteiger charge is 2.16. The molecule has 0 aromatic heterocycles. The molecule has 98 valence electrons. The van der Waals surface area contributed by atoms with Gasteiger partial charge in [0.05, 0.1) is 0 Å². The van der Waals surface area contributed by atoms with Crippen molar-refractivity contribution in [2.45, 2.75) is 13.0 Å². The van der Waals surface area contributed by atoms with Crippen molar-refractivity contribution in [3.63, 3.8) is 0 Å². The predicted molar refractivity (Wildman–Crippen MR) is 57.1 cm³/mol. The summed E-state index contributed by atoms with van der Waals surface area (Å²) in [6.45, 7) is 1.33. The number of rotatable bonds is 3. The van der Waals surface area contributed by atoms with Crippen LogP contribution in [0.4, 0.5) is 23.7 Å². The van der Waals surface area contributed by atoms with Gasteiger partial charge in [0, 0.05) is 17.8 Å². The van der Waals surface area contributed by atoms with Crippen molar-refractivity contribution in [1.82, 2.24) is 5.32 Å². The van der Waals surface area contributed by atoms with Gasteiger partial charge in [0.2, 0.25) is 5.91 Å². The molecule has 0 aliphatic carbocycles. The fourth-order valence-electron chi connectivity index (χ4n) is 1.18. The summed E-state index contributed by atoms with van der Waals surface area (Å²) < 4.78 is 38.4. The molecule has 0 radical (unpaired) electrons. The Hall–Kier alpha value is -2.25. The SMILES string of the molecule is CC(Nc1cc(F)c(F)c(F)c1)C(=O)NC(N)=O. The summed E-state index contributed by atoms with van der Waals surface area (Å²) in [5.74, 6) is -5.16. The van der Waals surface area contributed by atoms with Crippen LogP contribution in [0.25, 0.3) is 0 Å². The lowest BCUT2D eigenvalue weighted by atomic mass is 10.2. The molecule has 5 nitrogen and oxygen atoms in total. The maximum absolute atomic E-state index is 12.9. The third-order valence-corrected chi connectivity index (χ3v) is 2.01. The topological polar surface area (TPSA) is 84.2 Å². The Balaban J connectivity index is 2.79. The summed E-state index contributed by atoms with van der Waals surface area (Å²) in [4.78, 5) is 21.7. The molecule has 1 atom stereocenters. The number of primary amides is 1. The van der Waals surface area contributed by atoms with Crippen molar-refractivity contribution < 1.29 is 22.8 Å². The number of nitrogens with one attached hydrogen (secondary N) is 2. The Morgan fingerprint density at radius 1 is 1.22 bits per heavy atom. The average Bonchev–Trinajstić information content (AvgIpc) is 2.24. The van der Waals surface area contributed by atoms with Gasteiger partial charge in [-0.15, -0.1) is 0 Å². The first-order valence-electron chi connectivity index (χ1n) is 4.82. The zero-order valence-corrected chi connectivity index (χ0v) is 9.26. The third kappa shape index (κ3) is 3.37. The molecule has 0 saturated carbocycles. The maximum atomic E-state index is 12.9. The summed E-state index contributed by atoms with van der Waals surface area (Å²) in [5.41, 5.74) is 4.58. The molecule has 18 heavy (non-hydrogen) atoms. The molecule has 0 aliphatic heterocycles. The van der Waals surface area contributed by atoms with E-state index in [0.717, 1.165) is 0 Å². The molecule has 1 aromatic rings. The van der Waals surface area contributed by atoms with E-state index in [2.05, 4.69) is 5.32 Å². The second-order valence-corrected chi connectivity index (χ2v) is 3.47. The number of imide groups is 1. The minimum Gasteiger partial charge on any atom is -0.374 e. The van der Waals surface area contributed by atoms with Crippen molar-refractivity contribution in [3.8, 4) is 0 Å². The Labute approximate surface area is 100 Å². The van der Waals surface area contributed by atoms with Gasteiger partial charge in [-0.1, -0.05) is 0 Å². The molecule has 1 rings (SSSR count). The smallest absolute Gasteiger partial charge is 0.318 e. The number of amides is 3. The zero-order valence-electron chi connectivity index (χ0n) is 9.26. The lowest BCUT2D eigenvalue weighted by Gasteiger charge is -2.14. The van der Waals surface area contributed by atoms with Crippen LogP contribution >= 0.6 is 0 Å². The van der Waals surface area contributed by atoms with E-state index in [-0.39, 0.29) is 5.69 Å². The molecule has 0 bridgehead atoms. The highest BCUT2D eigenvalue weighted by Crippen LogP contribution is 2.17. The summed E-state index contributed by atoms with van der Waals surface area (Å²) in [7, 11) is 0. The van der Waals surface area contributed by atoms with Crippen LogP contribution in [0.15, 0.2) is 12.1 Å². The quantitative estimate of drug-likeness (QED) is 0.712. The van der Waals surface area contributed by atoms with Crippen molar-refractivity contribution in [2.24, 2.45) is 5.73 Å². The van der Waals surface area contributed by atoms with Gasteiger partial charge < -0.3 is 11.1 Å². The number of hydrogen-bond acceptors (Lipinski definition) is 3. The second-order valence-electron chi connectivity index (χ2n) is 3.47. The van der Waals surface area contributed by atoms with E-state index in [4.69, 9.17) is 5.73 Å². The van der Waals surface area contributed by atoms with Crippen LogP contribution in [0.3, 0.4) is 0 Å². The van der Waals surface area contributed by atoms with Gasteiger partial charge in [0.1, 0.15) is 6.04 Å². The summed E-state index contributed by atoms with van der Waals surface area (Å²) in [6.07, 6.45) is 0. The van der Waals surface area contributed by atoms with Gasteiger partial charge >= 0.3 is 6.03 Å². The lowest BCUT2D eigenvalue weighted by Crippen LogP contribution is -2.43. The molecular formula is C10H10F3N3O2. The van der Waals surface area contributed by atoms with Gasteiger partial charge in [0.15, 0.2) is 17.5 Å². The molecular weight excluding hydrogens is 251 g/mol. The van der Waals surface area contributed by atoms with E-state index in [1.54, 1.807) is 5.32 Å². The third-order valence-electron chi connectivity index (χ3n) is 2.01. The Morgan fingerprint density at radius 2 is 1.72 bits per heavy atom. The Kier molecular flexibility index (Phi) is 4.13. The van der Waals surface area contributed by atoms with Gasteiger partial charge in [-0.2, -0.15) is 0 Å². The Bertz CT molecular complexity index is 470. The molecule has 0 saturated heterocycles. The van der Waals surface area contributed by atoms with Crippen LogP contribution in [-0.2, 0) is 4.79 Å². The molecule has 0 heterocycles. The zero-order chi connectivity index (χ0) is 13.9. The number of nitrogens with two attached hydrogens (primary N) is 1. The minimum atomic E-state index is -1.60. The number of benzene rings is 1. The molecule has 0 aliphatic rings.